The second kappa shape index (κ2) is 5.69. The van der Waals surface area contributed by atoms with Crippen LogP contribution in [0.2, 0.25) is 0 Å². The fourth-order valence-corrected chi connectivity index (χ4v) is 4.62. The third-order valence-corrected chi connectivity index (χ3v) is 5.99. The molecule has 118 valence electrons. The van der Waals surface area contributed by atoms with Crippen LogP contribution in [0.5, 0.6) is 0 Å². The van der Waals surface area contributed by atoms with Crippen molar-refractivity contribution >= 4 is 5.91 Å². The molecule has 2 saturated carbocycles. The largest absolute Gasteiger partial charge is 0.333 e. The Bertz CT molecular complexity index is 543. The van der Waals surface area contributed by atoms with E-state index in [1.165, 1.54) is 30.4 Å². The fourth-order valence-electron chi connectivity index (χ4n) is 4.62. The van der Waals surface area contributed by atoms with Crippen LogP contribution < -0.4 is 5.32 Å². The number of carbonyl (C=O) groups excluding carboxylic acids is 1. The van der Waals surface area contributed by atoms with Gasteiger partial charge in [-0.1, -0.05) is 37.6 Å². The molecular weight excluding hydrogens is 272 g/mol. The summed E-state index contributed by atoms with van der Waals surface area (Å²) in [6, 6.07) is 9.06. The minimum absolute atomic E-state index is 0.216. The molecule has 1 amide bonds. The lowest BCUT2D eigenvalue weighted by Gasteiger charge is -2.37. The van der Waals surface area contributed by atoms with E-state index in [4.69, 9.17) is 0 Å². The summed E-state index contributed by atoms with van der Waals surface area (Å²) in [4.78, 5) is 15.1. The summed E-state index contributed by atoms with van der Waals surface area (Å²) in [6.45, 7) is 4.85. The Morgan fingerprint density at radius 3 is 2.64 bits per heavy atom. The van der Waals surface area contributed by atoms with E-state index >= 15 is 0 Å². The molecule has 4 rings (SSSR count). The minimum Gasteiger partial charge on any atom is -0.333 e. The highest BCUT2D eigenvalue weighted by Gasteiger charge is 2.58. The summed E-state index contributed by atoms with van der Waals surface area (Å²) in [5, 5.41) is 3.46. The number of rotatable bonds is 3. The number of amides is 1. The third-order valence-electron chi connectivity index (χ3n) is 5.99. The lowest BCUT2D eigenvalue weighted by molar-refractivity contribution is -0.136. The van der Waals surface area contributed by atoms with Crippen LogP contribution in [0, 0.1) is 17.8 Å². The number of benzene rings is 1. The summed E-state index contributed by atoms with van der Waals surface area (Å²) in [5.74, 6) is 2.21. The first-order chi connectivity index (χ1) is 10.8. The van der Waals surface area contributed by atoms with Gasteiger partial charge in [-0.25, -0.2) is 0 Å². The molecule has 2 aliphatic carbocycles. The summed E-state index contributed by atoms with van der Waals surface area (Å²) in [6.07, 6.45) is 4.96. The lowest BCUT2D eigenvalue weighted by atomic mass is 9.99. The molecule has 3 nitrogen and oxygen atoms in total. The monoisotopic (exact) mass is 298 g/mol. The average Bonchev–Trinajstić information content (AvgIpc) is 3.06. The second-order valence-electron chi connectivity index (χ2n) is 7.13. The van der Waals surface area contributed by atoms with Gasteiger partial charge in [0, 0.05) is 25.6 Å². The van der Waals surface area contributed by atoms with Gasteiger partial charge in [0.05, 0.1) is 6.04 Å². The molecule has 3 fully saturated rings. The summed E-state index contributed by atoms with van der Waals surface area (Å²) >= 11 is 0. The topological polar surface area (TPSA) is 32.3 Å². The molecule has 1 N–H and O–H groups in total. The zero-order chi connectivity index (χ0) is 15.1. The Hall–Kier alpha value is -1.35. The maximum absolute atomic E-state index is 13.0. The van der Waals surface area contributed by atoms with Gasteiger partial charge in [-0.15, -0.1) is 0 Å². The molecule has 3 heteroatoms. The first-order valence-electron chi connectivity index (χ1n) is 8.89. The van der Waals surface area contributed by atoms with E-state index in [-0.39, 0.29) is 6.04 Å². The maximum atomic E-state index is 13.0. The number of piperazine rings is 1. The molecule has 3 aliphatic rings. The molecule has 1 aliphatic heterocycles. The Balaban J connectivity index is 1.52. The molecule has 3 atom stereocenters. The van der Waals surface area contributed by atoms with E-state index < -0.39 is 0 Å². The Labute approximate surface area is 133 Å². The number of hydrogen-bond acceptors (Lipinski definition) is 2. The molecule has 1 heterocycles. The van der Waals surface area contributed by atoms with Crippen LogP contribution in [-0.4, -0.2) is 30.4 Å². The smallest absolute Gasteiger partial charge is 0.226 e. The number of carbonyl (C=O) groups is 1. The highest BCUT2D eigenvalue weighted by Crippen LogP contribution is 2.58. The third kappa shape index (κ3) is 2.36. The van der Waals surface area contributed by atoms with Crippen molar-refractivity contribution in [2.45, 2.75) is 38.6 Å². The average molecular weight is 298 g/mol. The van der Waals surface area contributed by atoms with Gasteiger partial charge in [-0.2, -0.15) is 0 Å². The lowest BCUT2D eigenvalue weighted by Crippen LogP contribution is -2.49. The number of nitrogens with one attached hydrogen (secondary N) is 1. The van der Waals surface area contributed by atoms with Crippen molar-refractivity contribution in [2.24, 2.45) is 17.8 Å². The molecule has 1 saturated heterocycles. The van der Waals surface area contributed by atoms with Crippen molar-refractivity contribution in [3.05, 3.63) is 35.4 Å². The predicted molar refractivity (Wildman–Crippen MR) is 87.5 cm³/mol. The van der Waals surface area contributed by atoms with Gasteiger partial charge in [0.1, 0.15) is 0 Å². The van der Waals surface area contributed by atoms with Gasteiger partial charge in [-0.3, -0.25) is 4.79 Å². The van der Waals surface area contributed by atoms with Crippen LogP contribution in [0.1, 0.15) is 43.4 Å². The van der Waals surface area contributed by atoms with Gasteiger partial charge in [-0.05, 0) is 42.2 Å². The first-order valence-corrected chi connectivity index (χ1v) is 8.89. The standard InChI is InChI=1S/C19H26N2O/c1-2-13-6-8-14(9-7-13)17-12-20-10-11-21(17)19(22)18-15-4-3-5-16(15)18/h6-9,15-18,20H,2-5,10-12H2,1H3. The molecule has 1 aromatic rings. The van der Waals surface area contributed by atoms with Gasteiger partial charge < -0.3 is 10.2 Å². The number of nitrogens with zero attached hydrogens (tertiary/aromatic N) is 1. The van der Waals surface area contributed by atoms with Crippen LogP contribution in [0.3, 0.4) is 0 Å². The Kier molecular flexibility index (Phi) is 3.69. The highest BCUT2D eigenvalue weighted by molar-refractivity contribution is 5.83. The van der Waals surface area contributed by atoms with Crippen LogP contribution in [0.15, 0.2) is 24.3 Å². The molecule has 0 aromatic heterocycles. The fraction of sp³-hybridized carbons (Fsp3) is 0.632. The van der Waals surface area contributed by atoms with E-state index in [0.717, 1.165) is 26.1 Å². The summed E-state index contributed by atoms with van der Waals surface area (Å²) in [5.41, 5.74) is 2.64. The maximum Gasteiger partial charge on any atom is 0.226 e. The van der Waals surface area contributed by atoms with Gasteiger partial charge in [0.25, 0.3) is 0 Å². The van der Waals surface area contributed by atoms with Crippen molar-refractivity contribution in [2.75, 3.05) is 19.6 Å². The van der Waals surface area contributed by atoms with Crippen molar-refractivity contribution in [3.8, 4) is 0 Å². The van der Waals surface area contributed by atoms with Crippen molar-refractivity contribution in [3.63, 3.8) is 0 Å². The van der Waals surface area contributed by atoms with Crippen LogP contribution in [0.4, 0.5) is 0 Å². The van der Waals surface area contributed by atoms with Crippen LogP contribution in [0.25, 0.3) is 0 Å². The number of fused-ring (bicyclic) bond motifs is 1. The molecule has 22 heavy (non-hydrogen) atoms. The van der Waals surface area contributed by atoms with E-state index in [1.54, 1.807) is 0 Å². The summed E-state index contributed by atoms with van der Waals surface area (Å²) in [7, 11) is 0. The molecule has 0 spiro atoms. The van der Waals surface area contributed by atoms with Crippen molar-refractivity contribution in [1.29, 1.82) is 0 Å². The van der Waals surface area contributed by atoms with Crippen LogP contribution in [-0.2, 0) is 11.2 Å². The van der Waals surface area contributed by atoms with E-state index in [2.05, 4.69) is 41.4 Å². The molecule has 0 radical (unpaired) electrons. The predicted octanol–water partition coefficient (Wildman–Crippen LogP) is 2.77. The Morgan fingerprint density at radius 1 is 1.23 bits per heavy atom. The minimum atomic E-state index is 0.216. The molecule has 3 unspecified atom stereocenters. The second-order valence-corrected chi connectivity index (χ2v) is 7.13. The normalized spacial score (nSPS) is 33.6. The molecule has 0 bridgehead atoms. The Morgan fingerprint density at radius 2 is 1.95 bits per heavy atom. The SMILES string of the molecule is CCc1ccc(C2CNCCN2C(=O)C2C3CCCC32)cc1. The van der Waals surface area contributed by atoms with Gasteiger partial charge >= 0.3 is 0 Å². The first kappa shape index (κ1) is 14.3. The highest BCUT2D eigenvalue weighted by atomic mass is 16.2. The number of aryl methyl sites for hydroxylation is 1. The zero-order valence-electron chi connectivity index (χ0n) is 13.4. The van der Waals surface area contributed by atoms with Crippen molar-refractivity contribution < 1.29 is 4.79 Å². The van der Waals surface area contributed by atoms with Gasteiger partial charge in [0.2, 0.25) is 5.91 Å². The van der Waals surface area contributed by atoms with Crippen molar-refractivity contribution in [1.82, 2.24) is 10.2 Å². The molecule has 1 aromatic carbocycles. The van der Waals surface area contributed by atoms with Crippen LogP contribution >= 0.6 is 0 Å². The van der Waals surface area contributed by atoms with E-state index in [0.29, 0.717) is 23.7 Å². The zero-order valence-corrected chi connectivity index (χ0v) is 13.4. The quantitative estimate of drug-likeness (QED) is 0.930. The summed E-state index contributed by atoms with van der Waals surface area (Å²) < 4.78 is 0. The van der Waals surface area contributed by atoms with E-state index in [9.17, 15) is 4.79 Å². The van der Waals surface area contributed by atoms with Gasteiger partial charge in [0.15, 0.2) is 0 Å². The number of hydrogen-bond donors (Lipinski definition) is 1. The molecular formula is C19H26N2O. The van der Waals surface area contributed by atoms with E-state index in [1.807, 2.05) is 0 Å².